The first kappa shape index (κ1) is 12.6. The number of nitrogens with one attached hydrogen (secondary N) is 1. The van der Waals surface area contributed by atoms with Crippen LogP contribution in [0, 0.1) is 25.5 Å². The lowest BCUT2D eigenvalue weighted by Gasteiger charge is -2.10. The fourth-order valence-electron chi connectivity index (χ4n) is 1.86. The van der Waals surface area contributed by atoms with Crippen LogP contribution in [0.25, 0.3) is 0 Å². The Hall–Kier alpha value is -1.90. The number of halogens is 2. The molecule has 0 saturated heterocycles. The highest BCUT2D eigenvalue weighted by molar-refractivity contribution is 5.52. The predicted octanol–water partition coefficient (Wildman–Crippen LogP) is 4.19. The van der Waals surface area contributed by atoms with Crippen molar-refractivity contribution in [1.82, 2.24) is 0 Å². The molecule has 1 N–H and O–H groups in total. The molecule has 18 heavy (non-hydrogen) atoms. The third kappa shape index (κ3) is 2.86. The van der Waals surface area contributed by atoms with Crippen LogP contribution in [0.1, 0.15) is 16.7 Å². The topological polar surface area (TPSA) is 12.0 Å². The van der Waals surface area contributed by atoms with E-state index in [0.29, 0.717) is 12.1 Å². The average molecular weight is 247 g/mol. The molecule has 0 amide bonds. The fraction of sp³-hybridized carbons (Fsp3) is 0.200. The van der Waals surface area contributed by atoms with Crippen molar-refractivity contribution in [1.29, 1.82) is 0 Å². The van der Waals surface area contributed by atoms with Gasteiger partial charge in [-0.25, -0.2) is 8.78 Å². The van der Waals surface area contributed by atoms with Gasteiger partial charge in [-0.1, -0.05) is 23.8 Å². The van der Waals surface area contributed by atoms with Crippen LogP contribution in [-0.4, -0.2) is 0 Å². The van der Waals surface area contributed by atoms with Crippen molar-refractivity contribution in [3.05, 3.63) is 64.7 Å². The van der Waals surface area contributed by atoms with Crippen molar-refractivity contribution in [2.75, 3.05) is 5.32 Å². The summed E-state index contributed by atoms with van der Waals surface area (Å²) in [4.78, 5) is 0. The standard InChI is InChI=1S/C15H15F2N/c1-10-3-6-15(11(2)7-10)18-9-12-4-5-13(16)14(17)8-12/h3-8,18H,9H2,1-2H3. The van der Waals surface area contributed by atoms with Gasteiger partial charge in [0.2, 0.25) is 0 Å². The molecule has 2 aromatic rings. The molecule has 0 heterocycles. The Morgan fingerprint density at radius 2 is 1.72 bits per heavy atom. The van der Waals surface area contributed by atoms with Crippen LogP contribution in [-0.2, 0) is 6.54 Å². The van der Waals surface area contributed by atoms with Gasteiger partial charge in [0.1, 0.15) is 0 Å². The minimum absolute atomic E-state index is 0.473. The lowest BCUT2D eigenvalue weighted by atomic mass is 10.1. The second-order valence-corrected chi connectivity index (χ2v) is 4.42. The molecule has 94 valence electrons. The number of rotatable bonds is 3. The Bertz CT molecular complexity index is 564. The van der Waals surface area contributed by atoms with E-state index in [-0.39, 0.29) is 0 Å². The van der Waals surface area contributed by atoms with E-state index >= 15 is 0 Å². The molecule has 0 unspecified atom stereocenters. The van der Waals surface area contributed by atoms with E-state index in [4.69, 9.17) is 0 Å². The van der Waals surface area contributed by atoms with Crippen molar-refractivity contribution < 1.29 is 8.78 Å². The zero-order chi connectivity index (χ0) is 13.1. The molecule has 3 heteroatoms. The summed E-state index contributed by atoms with van der Waals surface area (Å²) in [7, 11) is 0. The van der Waals surface area contributed by atoms with E-state index in [2.05, 4.69) is 11.4 Å². The van der Waals surface area contributed by atoms with Gasteiger partial charge in [0.05, 0.1) is 0 Å². The second-order valence-electron chi connectivity index (χ2n) is 4.42. The first-order chi connectivity index (χ1) is 8.56. The molecule has 1 nitrogen and oxygen atoms in total. The van der Waals surface area contributed by atoms with Crippen molar-refractivity contribution in [2.24, 2.45) is 0 Å². The highest BCUT2D eigenvalue weighted by atomic mass is 19.2. The van der Waals surface area contributed by atoms with Crippen LogP contribution in [0.5, 0.6) is 0 Å². The summed E-state index contributed by atoms with van der Waals surface area (Å²) in [5.41, 5.74) is 4.06. The summed E-state index contributed by atoms with van der Waals surface area (Å²) < 4.78 is 25.8. The zero-order valence-electron chi connectivity index (χ0n) is 10.4. The molecule has 2 rings (SSSR count). The zero-order valence-corrected chi connectivity index (χ0v) is 10.4. The van der Waals surface area contributed by atoms with Crippen LogP contribution in [0.15, 0.2) is 36.4 Å². The van der Waals surface area contributed by atoms with Gasteiger partial charge in [-0.3, -0.25) is 0 Å². The summed E-state index contributed by atoms with van der Waals surface area (Å²) in [6.07, 6.45) is 0. The molecule has 0 aliphatic heterocycles. The van der Waals surface area contributed by atoms with Gasteiger partial charge in [0.15, 0.2) is 11.6 Å². The lowest BCUT2D eigenvalue weighted by molar-refractivity contribution is 0.507. The quantitative estimate of drug-likeness (QED) is 0.857. The minimum atomic E-state index is -0.815. The lowest BCUT2D eigenvalue weighted by Crippen LogP contribution is -2.02. The molecular formula is C15H15F2N. The van der Waals surface area contributed by atoms with E-state index < -0.39 is 11.6 Å². The highest BCUT2D eigenvalue weighted by Gasteiger charge is 2.03. The number of aryl methyl sites for hydroxylation is 2. The molecule has 0 aliphatic carbocycles. The third-order valence-corrected chi connectivity index (χ3v) is 2.85. The predicted molar refractivity (Wildman–Crippen MR) is 69.6 cm³/mol. The summed E-state index contributed by atoms with van der Waals surface area (Å²) in [6, 6.07) is 10.0. The molecule has 0 atom stereocenters. The molecule has 0 bridgehead atoms. The maximum Gasteiger partial charge on any atom is 0.159 e. The number of hydrogen-bond donors (Lipinski definition) is 1. The molecule has 2 aromatic carbocycles. The average Bonchev–Trinajstić information content (AvgIpc) is 2.32. The molecule has 0 radical (unpaired) electrons. The largest absolute Gasteiger partial charge is 0.381 e. The van der Waals surface area contributed by atoms with E-state index in [0.717, 1.165) is 17.3 Å². The fourth-order valence-corrected chi connectivity index (χ4v) is 1.86. The maximum atomic E-state index is 13.0. The van der Waals surface area contributed by atoms with Gasteiger partial charge in [-0.2, -0.15) is 0 Å². The van der Waals surface area contributed by atoms with E-state index in [1.807, 2.05) is 26.0 Å². The Morgan fingerprint density at radius 3 is 2.39 bits per heavy atom. The number of benzene rings is 2. The Morgan fingerprint density at radius 1 is 0.944 bits per heavy atom. The van der Waals surface area contributed by atoms with E-state index in [9.17, 15) is 8.78 Å². The Labute approximate surface area is 105 Å². The van der Waals surface area contributed by atoms with Gasteiger partial charge in [-0.05, 0) is 43.2 Å². The molecule has 0 saturated carbocycles. The molecule has 0 aromatic heterocycles. The summed E-state index contributed by atoms with van der Waals surface area (Å²) in [6.45, 7) is 4.52. The summed E-state index contributed by atoms with van der Waals surface area (Å²) in [5.74, 6) is -1.62. The summed E-state index contributed by atoms with van der Waals surface area (Å²) in [5, 5.41) is 3.21. The third-order valence-electron chi connectivity index (χ3n) is 2.85. The van der Waals surface area contributed by atoms with Crippen LogP contribution in [0.2, 0.25) is 0 Å². The van der Waals surface area contributed by atoms with Crippen molar-refractivity contribution in [3.8, 4) is 0 Å². The Kier molecular flexibility index (Phi) is 3.60. The van der Waals surface area contributed by atoms with Crippen LogP contribution in [0.4, 0.5) is 14.5 Å². The molecular weight excluding hydrogens is 232 g/mol. The maximum absolute atomic E-state index is 13.0. The molecule has 0 spiro atoms. The number of hydrogen-bond acceptors (Lipinski definition) is 1. The van der Waals surface area contributed by atoms with Gasteiger partial charge in [-0.15, -0.1) is 0 Å². The Balaban J connectivity index is 2.09. The normalized spacial score (nSPS) is 10.4. The summed E-state index contributed by atoms with van der Waals surface area (Å²) >= 11 is 0. The highest BCUT2D eigenvalue weighted by Crippen LogP contribution is 2.17. The van der Waals surface area contributed by atoms with Gasteiger partial charge < -0.3 is 5.32 Å². The first-order valence-corrected chi connectivity index (χ1v) is 5.81. The van der Waals surface area contributed by atoms with Gasteiger partial charge in [0, 0.05) is 12.2 Å². The van der Waals surface area contributed by atoms with Crippen molar-refractivity contribution in [3.63, 3.8) is 0 Å². The second kappa shape index (κ2) is 5.17. The van der Waals surface area contributed by atoms with Crippen molar-refractivity contribution >= 4 is 5.69 Å². The smallest absolute Gasteiger partial charge is 0.159 e. The SMILES string of the molecule is Cc1ccc(NCc2ccc(F)c(F)c2)c(C)c1. The monoisotopic (exact) mass is 247 g/mol. The van der Waals surface area contributed by atoms with Gasteiger partial charge >= 0.3 is 0 Å². The van der Waals surface area contributed by atoms with Crippen molar-refractivity contribution in [2.45, 2.75) is 20.4 Å². The van der Waals surface area contributed by atoms with Crippen LogP contribution >= 0.6 is 0 Å². The van der Waals surface area contributed by atoms with Gasteiger partial charge in [0.25, 0.3) is 0 Å². The minimum Gasteiger partial charge on any atom is -0.381 e. The van der Waals surface area contributed by atoms with E-state index in [1.165, 1.54) is 11.6 Å². The number of anilines is 1. The molecule has 0 fully saturated rings. The first-order valence-electron chi connectivity index (χ1n) is 5.81. The van der Waals surface area contributed by atoms with Crippen LogP contribution < -0.4 is 5.32 Å². The van der Waals surface area contributed by atoms with Crippen LogP contribution in [0.3, 0.4) is 0 Å². The van der Waals surface area contributed by atoms with E-state index in [1.54, 1.807) is 6.07 Å². The molecule has 0 aliphatic rings.